The number of nitrogens with zero attached hydrogens (tertiary/aromatic N) is 1. The molecule has 0 saturated carbocycles. The number of ether oxygens (including phenoxy) is 3. The standard InChI is InChI=1S/C15H20BrNO4/c1-2-19-15(18)10-17-6-7-20-14(9-17)11-21-13-5-3-4-12(16)8-13/h3-5,8,14H,2,6-7,9-11H2,1H3/t14-/m1/s1. The number of carbonyl (C=O) groups excluding carboxylic acids is 1. The van der Waals surface area contributed by atoms with Crippen LogP contribution in [0.4, 0.5) is 0 Å². The molecule has 0 bridgehead atoms. The summed E-state index contributed by atoms with van der Waals surface area (Å²) in [4.78, 5) is 13.5. The Kier molecular flexibility index (Phi) is 6.48. The largest absolute Gasteiger partial charge is 0.491 e. The quantitative estimate of drug-likeness (QED) is 0.729. The van der Waals surface area contributed by atoms with Gasteiger partial charge >= 0.3 is 5.97 Å². The smallest absolute Gasteiger partial charge is 0.320 e. The zero-order valence-corrected chi connectivity index (χ0v) is 13.7. The molecule has 1 aliphatic rings. The van der Waals surface area contributed by atoms with Crippen molar-refractivity contribution >= 4 is 21.9 Å². The highest BCUT2D eigenvalue weighted by molar-refractivity contribution is 9.10. The second-order valence-corrected chi connectivity index (χ2v) is 5.72. The Morgan fingerprint density at radius 2 is 2.38 bits per heavy atom. The van der Waals surface area contributed by atoms with Crippen LogP contribution in [-0.2, 0) is 14.3 Å². The van der Waals surface area contributed by atoms with Crippen molar-refractivity contribution in [1.82, 2.24) is 4.90 Å². The Labute approximate surface area is 133 Å². The Morgan fingerprint density at radius 3 is 3.14 bits per heavy atom. The number of carbonyl (C=O) groups is 1. The molecule has 21 heavy (non-hydrogen) atoms. The molecule has 2 rings (SSSR count). The fourth-order valence-corrected chi connectivity index (χ4v) is 2.54. The third-order valence-electron chi connectivity index (χ3n) is 3.11. The number of rotatable bonds is 6. The first-order chi connectivity index (χ1) is 10.2. The second kappa shape index (κ2) is 8.36. The molecule has 0 aliphatic carbocycles. The number of hydrogen-bond donors (Lipinski definition) is 0. The van der Waals surface area contributed by atoms with Crippen LogP contribution in [0.1, 0.15) is 6.92 Å². The average Bonchev–Trinajstić information content (AvgIpc) is 2.46. The number of esters is 1. The molecule has 116 valence electrons. The van der Waals surface area contributed by atoms with E-state index < -0.39 is 0 Å². The summed E-state index contributed by atoms with van der Waals surface area (Å²) >= 11 is 3.41. The van der Waals surface area contributed by atoms with Crippen LogP contribution in [0.25, 0.3) is 0 Å². The SMILES string of the molecule is CCOC(=O)CN1CCO[C@@H](COc2cccc(Br)c2)C1. The Bertz CT molecular complexity index is 469. The van der Waals surface area contributed by atoms with Crippen LogP contribution in [0, 0.1) is 0 Å². The van der Waals surface area contributed by atoms with Crippen LogP contribution in [0.15, 0.2) is 28.7 Å². The monoisotopic (exact) mass is 357 g/mol. The van der Waals surface area contributed by atoms with Crippen LogP contribution >= 0.6 is 15.9 Å². The minimum Gasteiger partial charge on any atom is -0.491 e. The minimum atomic E-state index is -0.189. The van der Waals surface area contributed by atoms with Crippen molar-refractivity contribution in [3.63, 3.8) is 0 Å². The van der Waals surface area contributed by atoms with Gasteiger partial charge in [0.2, 0.25) is 0 Å². The Balaban J connectivity index is 1.77. The van der Waals surface area contributed by atoms with Crippen molar-refractivity contribution in [2.75, 3.05) is 39.5 Å². The van der Waals surface area contributed by atoms with Gasteiger partial charge in [0, 0.05) is 17.6 Å². The van der Waals surface area contributed by atoms with Gasteiger partial charge in [-0.2, -0.15) is 0 Å². The highest BCUT2D eigenvalue weighted by Crippen LogP contribution is 2.18. The van der Waals surface area contributed by atoms with Crippen LogP contribution < -0.4 is 4.74 Å². The molecule has 0 spiro atoms. The van der Waals surface area contributed by atoms with Gasteiger partial charge in [0.1, 0.15) is 18.5 Å². The van der Waals surface area contributed by atoms with Gasteiger partial charge in [0.05, 0.1) is 19.8 Å². The van der Waals surface area contributed by atoms with E-state index in [1.807, 2.05) is 36.1 Å². The molecular weight excluding hydrogens is 338 g/mol. The van der Waals surface area contributed by atoms with E-state index in [0.29, 0.717) is 32.9 Å². The average molecular weight is 358 g/mol. The van der Waals surface area contributed by atoms with E-state index in [4.69, 9.17) is 14.2 Å². The third-order valence-corrected chi connectivity index (χ3v) is 3.61. The third kappa shape index (κ3) is 5.65. The molecule has 0 N–H and O–H groups in total. The first-order valence-electron chi connectivity index (χ1n) is 7.05. The van der Waals surface area contributed by atoms with E-state index in [2.05, 4.69) is 15.9 Å². The summed E-state index contributed by atoms with van der Waals surface area (Å²) in [6, 6.07) is 7.70. The molecule has 1 aliphatic heterocycles. The highest BCUT2D eigenvalue weighted by Gasteiger charge is 2.23. The van der Waals surface area contributed by atoms with Crippen LogP contribution in [0.2, 0.25) is 0 Å². The summed E-state index contributed by atoms with van der Waals surface area (Å²) in [6.07, 6.45) is -0.0350. The number of benzene rings is 1. The fraction of sp³-hybridized carbons (Fsp3) is 0.533. The molecule has 1 atom stereocenters. The van der Waals surface area contributed by atoms with Crippen LogP contribution in [0.3, 0.4) is 0 Å². The van der Waals surface area contributed by atoms with E-state index in [1.54, 1.807) is 0 Å². The summed E-state index contributed by atoms with van der Waals surface area (Å²) in [5, 5.41) is 0. The summed E-state index contributed by atoms with van der Waals surface area (Å²) in [7, 11) is 0. The van der Waals surface area contributed by atoms with Crippen molar-refractivity contribution in [1.29, 1.82) is 0 Å². The molecule has 0 radical (unpaired) electrons. The molecule has 0 amide bonds. The molecule has 1 heterocycles. The van der Waals surface area contributed by atoms with Gasteiger partial charge in [-0.1, -0.05) is 22.0 Å². The number of halogens is 1. The van der Waals surface area contributed by atoms with Crippen LogP contribution in [-0.4, -0.2) is 56.4 Å². The molecule has 1 saturated heterocycles. The lowest BCUT2D eigenvalue weighted by molar-refractivity contribution is -0.146. The zero-order valence-electron chi connectivity index (χ0n) is 12.1. The van der Waals surface area contributed by atoms with Gasteiger partial charge < -0.3 is 14.2 Å². The van der Waals surface area contributed by atoms with E-state index in [0.717, 1.165) is 16.8 Å². The normalized spacial score (nSPS) is 19.2. The summed E-state index contributed by atoms with van der Waals surface area (Å²) in [5.41, 5.74) is 0. The first kappa shape index (κ1) is 16.3. The lowest BCUT2D eigenvalue weighted by Crippen LogP contribution is -2.47. The molecule has 1 aromatic carbocycles. The predicted octanol–water partition coefficient (Wildman–Crippen LogP) is 2.09. The van der Waals surface area contributed by atoms with E-state index >= 15 is 0 Å². The van der Waals surface area contributed by atoms with Crippen molar-refractivity contribution in [3.05, 3.63) is 28.7 Å². The predicted molar refractivity (Wildman–Crippen MR) is 82.5 cm³/mol. The molecular formula is C15H20BrNO4. The molecule has 0 aromatic heterocycles. The highest BCUT2D eigenvalue weighted by atomic mass is 79.9. The maximum absolute atomic E-state index is 11.5. The Morgan fingerprint density at radius 1 is 1.52 bits per heavy atom. The molecule has 1 fully saturated rings. The van der Waals surface area contributed by atoms with Gasteiger partial charge in [-0.3, -0.25) is 9.69 Å². The zero-order chi connectivity index (χ0) is 15.1. The topological polar surface area (TPSA) is 48.0 Å². The lowest BCUT2D eigenvalue weighted by atomic mass is 10.3. The van der Waals surface area contributed by atoms with Crippen molar-refractivity contribution in [2.45, 2.75) is 13.0 Å². The van der Waals surface area contributed by atoms with E-state index in [9.17, 15) is 4.79 Å². The van der Waals surface area contributed by atoms with Gasteiger partial charge in [-0.05, 0) is 25.1 Å². The molecule has 6 heteroatoms. The van der Waals surface area contributed by atoms with Gasteiger partial charge in [0.15, 0.2) is 0 Å². The maximum Gasteiger partial charge on any atom is 0.320 e. The van der Waals surface area contributed by atoms with Gasteiger partial charge in [-0.15, -0.1) is 0 Å². The van der Waals surface area contributed by atoms with Crippen molar-refractivity contribution in [3.8, 4) is 5.75 Å². The fourth-order valence-electron chi connectivity index (χ4n) is 2.16. The number of hydrogen-bond acceptors (Lipinski definition) is 5. The van der Waals surface area contributed by atoms with E-state index in [-0.39, 0.29) is 12.1 Å². The maximum atomic E-state index is 11.5. The number of morpholine rings is 1. The van der Waals surface area contributed by atoms with Crippen molar-refractivity contribution in [2.24, 2.45) is 0 Å². The second-order valence-electron chi connectivity index (χ2n) is 4.80. The summed E-state index contributed by atoms with van der Waals surface area (Å²) in [6.45, 7) is 5.02. The Hall–Kier alpha value is -1.11. The molecule has 0 unspecified atom stereocenters. The van der Waals surface area contributed by atoms with Gasteiger partial charge in [0.25, 0.3) is 0 Å². The first-order valence-corrected chi connectivity index (χ1v) is 7.84. The summed E-state index contributed by atoms with van der Waals surface area (Å²) in [5.74, 6) is 0.613. The van der Waals surface area contributed by atoms with Gasteiger partial charge in [-0.25, -0.2) is 0 Å². The molecule has 1 aromatic rings. The lowest BCUT2D eigenvalue weighted by Gasteiger charge is -2.32. The minimum absolute atomic E-state index is 0.0350. The summed E-state index contributed by atoms with van der Waals surface area (Å²) < 4.78 is 17.3. The van der Waals surface area contributed by atoms with Crippen LogP contribution in [0.5, 0.6) is 5.75 Å². The van der Waals surface area contributed by atoms with E-state index in [1.165, 1.54) is 0 Å². The van der Waals surface area contributed by atoms with Crippen molar-refractivity contribution < 1.29 is 19.0 Å². The molecule has 5 nitrogen and oxygen atoms in total.